The molecule has 5 rings (SSSR count). The number of nitrogens with zero attached hydrogens (tertiary/aromatic N) is 4. The number of fused-ring (bicyclic) bond motifs is 1. The fraction of sp³-hybridized carbons (Fsp3) is 0.360. The van der Waals surface area contributed by atoms with Crippen LogP contribution in [0.2, 0.25) is 0 Å². The first-order chi connectivity index (χ1) is 17.2. The van der Waals surface area contributed by atoms with Crippen molar-refractivity contribution in [2.75, 3.05) is 49.6 Å². The van der Waals surface area contributed by atoms with E-state index in [1.807, 2.05) is 22.9 Å². The first kappa shape index (κ1) is 24.1. The summed E-state index contributed by atoms with van der Waals surface area (Å²) in [5, 5.41) is 2.53. The molecular weight excluding hydrogens is 478 g/mol. The summed E-state index contributed by atoms with van der Waals surface area (Å²) in [7, 11) is 0. The van der Waals surface area contributed by atoms with Gasteiger partial charge >= 0.3 is 12.2 Å². The third-order valence-electron chi connectivity index (χ3n) is 6.40. The molecule has 36 heavy (non-hydrogen) atoms. The third kappa shape index (κ3) is 5.01. The van der Waals surface area contributed by atoms with Gasteiger partial charge in [-0.15, -0.1) is 0 Å². The summed E-state index contributed by atoms with van der Waals surface area (Å²) in [4.78, 5) is 20.6. The lowest BCUT2D eigenvalue weighted by Gasteiger charge is -2.29. The van der Waals surface area contributed by atoms with E-state index in [1.54, 1.807) is 19.2 Å². The molecule has 0 radical (unpaired) electrons. The second-order valence-electron chi connectivity index (χ2n) is 8.98. The highest BCUT2D eigenvalue weighted by molar-refractivity contribution is 5.91. The molecule has 2 aromatic heterocycles. The summed E-state index contributed by atoms with van der Waals surface area (Å²) in [5.41, 5.74) is 4.00. The largest absolute Gasteiger partial charge is 0.392 e. The number of morpholine rings is 1. The molecule has 7 nitrogen and oxygen atoms in total. The van der Waals surface area contributed by atoms with Crippen LogP contribution in [0.25, 0.3) is 16.8 Å². The van der Waals surface area contributed by atoms with Gasteiger partial charge in [0.15, 0.2) is 5.65 Å². The Hall–Kier alpha value is -3.60. The minimum atomic E-state index is -4.34. The smallest absolute Gasteiger partial charge is 0.378 e. The number of ether oxygens (including phenoxy) is 1. The van der Waals surface area contributed by atoms with Crippen molar-refractivity contribution < 1.29 is 27.1 Å². The van der Waals surface area contributed by atoms with Crippen LogP contribution in [0.5, 0.6) is 0 Å². The zero-order chi connectivity index (χ0) is 25.4. The standard InChI is InChI=1S/C25H25F4N5O2/c1-16-10-20(26)21(31-24(35)34-4-2-17(14-34)13-25(27,28)29)12-19(16)18-11-22(32-6-8-36-9-7-32)23-30-3-5-33(23)15-18/h2-3,5,10-12,15H,4,6-9,13-14H2,1H3,(H,31,35). The van der Waals surface area contributed by atoms with Crippen LogP contribution in [0.15, 0.2) is 48.4 Å². The Morgan fingerprint density at radius 1 is 1.19 bits per heavy atom. The van der Waals surface area contributed by atoms with E-state index in [1.165, 1.54) is 17.0 Å². The minimum Gasteiger partial charge on any atom is -0.378 e. The Balaban J connectivity index is 1.41. The van der Waals surface area contributed by atoms with Gasteiger partial charge in [-0.1, -0.05) is 6.08 Å². The number of hydrogen-bond donors (Lipinski definition) is 1. The quantitative estimate of drug-likeness (QED) is 0.402. The molecule has 2 aliphatic heterocycles. The monoisotopic (exact) mass is 503 g/mol. The first-order valence-corrected chi connectivity index (χ1v) is 11.6. The van der Waals surface area contributed by atoms with Crippen molar-refractivity contribution in [3.8, 4) is 11.1 Å². The molecule has 2 aliphatic rings. The maximum Gasteiger partial charge on any atom is 0.392 e. The van der Waals surface area contributed by atoms with Gasteiger partial charge < -0.3 is 24.3 Å². The number of aryl methyl sites for hydroxylation is 1. The summed E-state index contributed by atoms with van der Waals surface area (Å²) in [5.74, 6) is -0.621. The normalized spacial score (nSPS) is 16.5. The Kier molecular flexibility index (Phi) is 6.33. The van der Waals surface area contributed by atoms with E-state index >= 15 is 0 Å². The second-order valence-corrected chi connectivity index (χ2v) is 8.98. The summed E-state index contributed by atoms with van der Waals surface area (Å²) in [6.45, 7) is 4.33. The molecule has 1 fully saturated rings. The molecule has 0 saturated carbocycles. The van der Waals surface area contributed by atoms with Crippen molar-refractivity contribution in [2.45, 2.75) is 19.5 Å². The van der Waals surface area contributed by atoms with Crippen LogP contribution in [0, 0.1) is 12.7 Å². The van der Waals surface area contributed by atoms with Gasteiger partial charge in [-0.05, 0) is 41.8 Å². The molecular formula is C25H25F4N5O2. The van der Waals surface area contributed by atoms with Gasteiger partial charge in [-0.25, -0.2) is 14.2 Å². The number of halogens is 4. The van der Waals surface area contributed by atoms with Gasteiger partial charge in [-0.3, -0.25) is 0 Å². The zero-order valence-corrected chi connectivity index (χ0v) is 19.6. The van der Waals surface area contributed by atoms with Gasteiger partial charge in [0.2, 0.25) is 0 Å². The number of imidazole rings is 1. The molecule has 11 heteroatoms. The molecule has 3 aromatic rings. The molecule has 1 saturated heterocycles. The Morgan fingerprint density at radius 3 is 2.72 bits per heavy atom. The summed E-state index contributed by atoms with van der Waals surface area (Å²) in [6, 6.07) is 4.24. The maximum atomic E-state index is 14.8. The van der Waals surface area contributed by atoms with E-state index in [0.717, 1.165) is 30.0 Å². The fourth-order valence-electron chi connectivity index (χ4n) is 4.63. The third-order valence-corrected chi connectivity index (χ3v) is 6.40. The lowest BCUT2D eigenvalue weighted by atomic mass is 10.00. The van der Waals surface area contributed by atoms with Crippen molar-refractivity contribution in [3.05, 3.63) is 59.8 Å². The summed E-state index contributed by atoms with van der Waals surface area (Å²) < 4.78 is 60.2. The molecule has 0 atom stereocenters. The Bertz CT molecular complexity index is 1330. The molecule has 0 bridgehead atoms. The van der Waals surface area contributed by atoms with Gasteiger partial charge in [0.25, 0.3) is 0 Å². The second kappa shape index (κ2) is 9.45. The molecule has 1 aromatic carbocycles. The van der Waals surface area contributed by atoms with Crippen molar-refractivity contribution in [2.24, 2.45) is 0 Å². The Morgan fingerprint density at radius 2 is 1.97 bits per heavy atom. The predicted octanol–water partition coefficient (Wildman–Crippen LogP) is 5.01. The predicted molar refractivity (Wildman–Crippen MR) is 128 cm³/mol. The van der Waals surface area contributed by atoms with Crippen LogP contribution < -0.4 is 10.2 Å². The van der Waals surface area contributed by atoms with E-state index in [4.69, 9.17) is 4.74 Å². The van der Waals surface area contributed by atoms with Crippen LogP contribution in [-0.4, -0.2) is 65.9 Å². The number of alkyl halides is 3. The van der Waals surface area contributed by atoms with Crippen molar-refractivity contribution in [1.82, 2.24) is 14.3 Å². The number of nitrogens with one attached hydrogen (secondary N) is 1. The number of anilines is 2. The molecule has 0 spiro atoms. The van der Waals surface area contributed by atoms with Gasteiger partial charge in [0.05, 0.1) is 31.0 Å². The molecule has 1 N–H and O–H groups in total. The van der Waals surface area contributed by atoms with Crippen molar-refractivity contribution in [1.29, 1.82) is 0 Å². The number of hydrogen-bond acceptors (Lipinski definition) is 4. The van der Waals surface area contributed by atoms with E-state index in [0.29, 0.717) is 24.3 Å². The van der Waals surface area contributed by atoms with Crippen LogP contribution in [-0.2, 0) is 4.74 Å². The van der Waals surface area contributed by atoms with E-state index in [2.05, 4.69) is 15.2 Å². The SMILES string of the molecule is Cc1cc(F)c(NC(=O)N2CC=C(CC(F)(F)F)C2)cc1-c1cc(N2CCOCC2)c2nccn2c1. The first-order valence-electron chi connectivity index (χ1n) is 11.6. The Labute approximate surface area is 205 Å². The lowest BCUT2D eigenvalue weighted by Crippen LogP contribution is -2.36. The van der Waals surface area contributed by atoms with Gasteiger partial charge in [-0.2, -0.15) is 13.2 Å². The van der Waals surface area contributed by atoms with Crippen molar-refractivity contribution >= 4 is 23.1 Å². The topological polar surface area (TPSA) is 62.1 Å². The molecule has 190 valence electrons. The van der Waals surface area contributed by atoms with E-state index in [9.17, 15) is 22.4 Å². The highest BCUT2D eigenvalue weighted by Crippen LogP contribution is 2.34. The average molecular weight is 504 g/mol. The molecule has 0 unspecified atom stereocenters. The van der Waals surface area contributed by atoms with Crippen molar-refractivity contribution in [3.63, 3.8) is 0 Å². The van der Waals surface area contributed by atoms with Crippen LogP contribution in [0.1, 0.15) is 12.0 Å². The number of urea groups is 1. The maximum absolute atomic E-state index is 14.8. The van der Waals surface area contributed by atoms with E-state index < -0.39 is 24.4 Å². The molecule has 0 aliphatic carbocycles. The summed E-state index contributed by atoms with van der Waals surface area (Å²) >= 11 is 0. The number of rotatable bonds is 4. The fourth-order valence-corrected chi connectivity index (χ4v) is 4.63. The van der Waals surface area contributed by atoms with Gasteiger partial charge in [0, 0.05) is 50.3 Å². The highest BCUT2D eigenvalue weighted by atomic mass is 19.4. The molecule has 2 amide bonds. The highest BCUT2D eigenvalue weighted by Gasteiger charge is 2.32. The number of benzene rings is 1. The zero-order valence-electron chi connectivity index (χ0n) is 19.6. The number of aromatic nitrogens is 2. The van der Waals surface area contributed by atoms with Crippen LogP contribution >= 0.6 is 0 Å². The minimum absolute atomic E-state index is 0.0384. The average Bonchev–Trinajstić information content (AvgIpc) is 3.49. The van der Waals surface area contributed by atoms with Crippen LogP contribution in [0.4, 0.5) is 33.7 Å². The number of carbonyl (C=O) groups is 1. The number of pyridine rings is 1. The van der Waals surface area contributed by atoms with E-state index in [-0.39, 0.29) is 24.4 Å². The summed E-state index contributed by atoms with van der Waals surface area (Å²) in [6.07, 6.45) is 1.42. The molecule has 4 heterocycles. The number of amides is 2. The number of carbonyl (C=O) groups excluding carboxylic acids is 1. The van der Waals surface area contributed by atoms with Gasteiger partial charge in [0.1, 0.15) is 5.82 Å². The lowest BCUT2D eigenvalue weighted by molar-refractivity contribution is -0.127. The van der Waals surface area contributed by atoms with Crippen LogP contribution in [0.3, 0.4) is 0 Å².